The molecule has 1 atom stereocenters. The van der Waals surface area contributed by atoms with E-state index in [-0.39, 0.29) is 5.60 Å². The van der Waals surface area contributed by atoms with Gasteiger partial charge in [-0.1, -0.05) is 29.3 Å². The molecule has 0 aliphatic rings. The van der Waals surface area contributed by atoms with E-state index in [4.69, 9.17) is 27.9 Å². The molecule has 18 heavy (non-hydrogen) atoms. The molecule has 0 amide bonds. The number of aliphatic hydroxyl groups is 1. The molecule has 0 bridgehead atoms. The first kappa shape index (κ1) is 15.8. The van der Waals surface area contributed by atoms with Crippen molar-refractivity contribution < 1.29 is 9.84 Å². The van der Waals surface area contributed by atoms with Gasteiger partial charge >= 0.3 is 0 Å². The number of benzene rings is 1. The van der Waals surface area contributed by atoms with Gasteiger partial charge in [0, 0.05) is 17.2 Å². The van der Waals surface area contributed by atoms with Gasteiger partial charge in [-0.25, -0.2) is 0 Å². The van der Waals surface area contributed by atoms with Gasteiger partial charge in [0.2, 0.25) is 0 Å². The lowest BCUT2D eigenvalue weighted by atomic mass is 9.97. The molecule has 0 aliphatic heterocycles. The normalized spacial score (nSPS) is 13.7. The second-order valence-electron chi connectivity index (χ2n) is 5.10. The van der Waals surface area contributed by atoms with Crippen LogP contribution < -0.4 is 0 Å². The molecule has 0 radical (unpaired) electrons. The minimum Gasteiger partial charge on any atom is -0.393 e. The molecule has 1 aromatic carbocycles. The summed E-state index contributed by atoms with van der Waals surface area (Å²) >= 11 is 11.9. The van der Waals surface area contributed by atoms with Crippen molar-refractivity contribution in [2.24, 2.45) is 0 Å². The fourth-order valence-corrected chi connectivity index (χ4v) is 2.15. The van der Waals surface area contributed by atoms with Gasteiger partial charge in [-0.15, -0.1) is 0 Å². The number of halogens is 2. The summed E-state index contributed by atoms with van der Waals surface area (Å²) in [6, 6.07) is 5.34. The van der Waals surface area contributed by atoms with Crippen LogP contribution in [0.25, 0.3) is 0 Å². The monoisotopic (exact) mass is 290 g/mol. The first-order chi connectivity index (χ1) is 8.34. The first-order valence-corrected chi connectivity index (χ1v) is 6.77. The molecule has 1 N–H and O–H groups in total. The van der Waals surface area contributed by atoms with Crippen LogP contribution in [0.4, 0.5) is 0 Å². The van der Waals surface area contributed by atoms with Gasteiger partial charge in [0.1, 0.15) is 0 Å². The highest BCUT2D eigenvalue weighted by Gasteiger charge is 2.18. The number of methoxy groups -OCH3 is 1. The Kier molecular flexibility index (Phi) is 5.93. The van der Waals surface area contributed by atoms with Crippen molar-refractivity contribution in [1.29, 1.82) is 0 Å². The fraction of sp³-hybridized carbons (Fsp3) is 0.571. The van der Waals surface area contributed by atoms with Crippen molar-refractivity contribution in [2.45, 2.75) is 44.8 Å². The minimum absolute atomic E-state index is 0.204. The molecule has 0 spiro atoms. The zero-order valence-corrected chi connectivity index (χ0v) is 12.6. The summed E-state index contributed by atoms with van der Waals surface area (Å²) in [4.78, 5) is 0. The maximum absolute atomic E-state index is 10.0. The molecular formula is C14H20Cl2O2. The van der Waals surface area contributed by atoms with Gasteiger partial charge < -0.3 is 9.84 Å². The number of ether oxygens (including phenoxy) is 1. The molecule has 0 aromatic heterocycles. The largest absolute Gasteiger partial charge is 0.393 e. The van der Waals surface area contributed by atoms with Crippen molar-refractivity contribution in [1.82, 2.24) is 0 Å². The second-order valence-corrected chi connectivity index (χ2v) is 5.94. The summed E-state index contributed by atoms with van der Waals surface area (Å²) in [6.07, 6.45) is 1.60. The molecule has 4 heteroatoms. The van der Waals surface area contributed by atoms with E-state index in [2.05, 4.69) is 0 Å². The maximum atomic E-state index is 10.0. The lowest BCUT2D eigenvalue weighted by Gasteiger charge is -2.24. The summed E-state index contributed by atoms with van der Waals surface area (Å²) in [5.41, 5.74) is 0.717. The Bertz CT molecular complexity index is 391. The van der Waals surface area contributed by atoms with E-state index in [1.165, 1.54) is 0 Å². The molecular weight excluding hydrogens is 271 g/mol. The quantitative estimate of drug-likeness (QED) is 0.855. The Hall–Kier alpha value is -0.280. The number of aliphatic hydroxyl groups excluding tert-OH is 1. The van der Waals surface area contributed by atoms with Crippen molar-refractivity contribution in [2.75, 3.05) is 7.11 Å². The standard InChI is InChI=1S/C14H20Cl2O2/c1-14(2,18-3)7-6-12(17)8-10-4-5-11(15)9-13(10)16/h4-5,9,12,17H,6-8H2,1-3H3. The molecule has 0 saturated carbocycles. The third-order valence-corrected chi connectivity index (χ3v) is 3.69. The molecule has 1 aromatic rings. The lowest BCUT2D eigenvalue weighted by Crippen LogP contribution is -2.25. The summed E-state index contributed by atoms with van der Waals surface area (Å²) < 4.78 is 5.32. The van der Waals surface area contributed by atoms with Crippen LogP contribution in [0, 0.1) is 0 Å². The molecule has 0 saturated heterocycles. The highest BCUT2D eigenvalue weighted by molar-refractivity contribution is 6.35. The van der Waals surface area contributed by atoms with Gasteiger partial charge in [-0.2, -0.15) is 0 Å². The molecule has 1 unspecified atom stereocenters. The van der Waals surface area contributed by atoms with Crippen LogP contribution in [0.15, 0.2) is 18.2 Å². The van der Waals surface area contributed by atoms with Crippen molar-refractivity contribution in [3.8, 4) is 0 Å². The highest BCUT2D eigenvalue weighted by Crippen LogP contribution is 2.24. The number of hydrogen-bond acceptors (Lipinski definition) is 2. The van der Waals surface area contributed by atoms with Gasteiger partial charge in [0.15, 0.2) is 0 Å². The van der Waals surface area contributed by atoms with Crippen LogP contribution in [0.1, 0.15) is 32.3 Å². The number of hydrogen-bond donors (Lipinski definition) is 1. The summed E-state index contributed by atoms with van der Waals surface area (Å²) in [7, 11) is 1.68. The van der Waals surface area contributed by atoms with Crippen molar-refractivity contribution in [3.05, 3.63) is 33.8 Å². The van der Waals surface area contributed by atoms with Crippen LogP contribution in [0.2, 0.25) is 10.0 Å². The Labute approximate surface area is 119 Å². The van der Waals surface area contributed by atoms with Gasteiger partial charge in [-0.05, 0) is 50.8 Å². The Morgan fingerprint density at radius 3 is 2.56 bits per heavy atom. The van der Waals surface area contributed by atoms with E-state index < -0.39 is 6.10 Å². The van der Waals surface area contributed by atoms with E-state index >= 15 is 0 Å². The fourth-order valence-electron chi connectivity index (χ4n) is 1.66. The predicted octanol–water partition coefficient (Wildman–Crippen LogP) is 4.10. The molecule has 0 aliphatic carbocycles. The minimum atomic E-state index is -0.418. The van der Waals surface area contributed by atoms with Crippen LogP contribution in [-0.4, -0.2) is 23.9 Å². The maximum Gasteiger partial charge on any atom is 0.0623 e. The SMILES string of the molecule is COC(C)(C)CCC(O)Cc1ccc(Cl)cc1Cl. The van der Waals surface area contributed by atoms with Crippen LogP contribution in [0.5, 0.6) is 0 Å². The van der Waals surface area contributed by atoms with Crippen LogP contribution in [0.3, 0.4) is 0 Å². The Morgan fingerprint density at radius 1 is 1.33 bits per heavy atom. The predicted molar refractivity (Wildman–Crippen MR) is 76.5 cm³/mol. The average molecular weight is 291 g/mol. The van der Waals surface area contributed by atoms with Crippen molar-refractivity contribution >= 4 is 23.2 Å². The van der Waals surface area contributed by atoms with E-state index in [1.54, 1.807) is 19.2 Å². The smallest absolute Gasteiger partial charge is 0.0623 e. The average Bonchev–Trinajstić information content (AvgIpc) is 2.30. The molecule has 0 fully saturated rings. The lowest BCUT2D eigenvalue weighted by molar-refractivity contribution is 0.00307. The van der Waals surface area contributed by atoms with Crippen LogP contribution >= 0.6 is 23.2 Å². The Morgan fingerprint density at radius 2 is 2.00 bits per heavy atom. The Balaban J connectivity index is 2.52. The van der Waals surface area contributed by atoms with E-state index in [0.717, 1.165) is 12.0 Å². The van der Waals surface area contributed by atoms with Gasteiger partial charge in [0.05, 0.1) is 11.7 Å². The molecule has 2 nitrogen and oxygen atoms in total. The zero-order valence-electron chi connectivity index (χ0n) is 11.0. The third kappa shape index (κ3) is 5.15. The first-order valence-electron chi connectivity index (χ1n) is 6.01. The van der Waals surface area contributed by atoms with E-state index in [9.17, 15) is 5.11 Å². The summed E-state index contributed by atoms with van der Waals surface area (Å²) in [5, 5.41) is 11.2. The summed E-state index contributed by atoms with van der Waals surface area (Å²) in [6.45, 7) is 4.02. The topological polar surface area (TPSA) is 29.5 Å². The number of rotatable bonds is 6. The van der Waals surface area contributed by atoms with E-state index in [0.29, 0.717) is 22.9 Å². The van der Waals surface area contributed by atoms with Gasteiger partial charge in [0.25, 0.3) is 0 Å². The third-order valence-electron chi connectivity index (χ3n) is 3.10. The molecule has 102 valence electrons. The van der Waals surface area contributed by atoms with Crippen LogP contribution in [-0.2, 0) is 11.2 Å². The molecule has 0 heterocycles. The second kappa shape index (κ2) is 6.76. The van der Waals surface area contributed by atoms with Crippen molar-refractivity contribution in [3.63, 3.8) is 0 Å². The van der Waals surface area contributed by atoms with Gasteiger partial charge in [-0.3, -0.25) is 0 Å². The van der Waals surface area contributed by atoms with E-state index in [1.807, 2.05) is 19.9 Å². The zero-order chi connectivity index (χ0) is 13.8. The molecule has 1 rings (SSSR count). The highest BCUT2D eigenvalue weighted by atomic mass is 35.5. The summed E-state index contributed by atoms with van der Waals surface area (Å²) in [5.74, 6) is 0.